The van der Waals surface area contributed by atoms with Crippen molar-refractivity contribution in [2.75, 3.05) is 20.8 Å². The molecule has 0 spiro atoms. The lowest BCUT2D eigenvalue weighted by atomic mass is 10.0. The van der Waals surface area contributed by atoms with Crippen molar-refractivity contribution < 1.29 is 23.9 Å². The SMILES string of the molecule is COc1ccc(C(=O)CNC(=O)CCC(=O)c2cc(C)ccc2OC)cc1. The molecule has 6 nitrogen and oxygen atoms in total. The summed E-state index contributed by atoms with van der Waals surface area (Å²) in [7, 11) is 3.05. The number of hydrogen-bond acceptors (Lipinski definition) is 5. The third-order valence-electron chi connectivity index (χ3n) is 4.09. The van der Waals surface area contributed by atoms with Gasteiger partial charge in [0, 0.05) is 18.4 Å². The zero-order chi connectivity index (χ0) is 19.8. The first-order chi connectivity index (χ1) is 12.9. The topological polar surface area (TPSA) is 81.7 Å². The summed E-state index contributed by atoms with van der Waals surface area (Å²) in [5.74, 6) is 0.406. The Morgan fingerprint density at radius 1 is 0.889 bits per heavy atom. The monoisotopic (exact) mass is 369 g/mol. The molecule has 1 N–H and O–H groups in total. The highest BCUT2D eigenvalue weighted by molar-refractivity contribution is 6.01. The van der Waals surface area contributed by atoms with Gasteiger partial charge in [-0.1, -0.05) is 11.6 Å². The Labute approximate surface area is 158 Å². The molecule has 0 saturated heterocycles. The summed E-state index contributed by atoms with van der Waals surface area (Å²) in [6.07, 6.45) is 0.0498. The molecule has 0 unspecified atom stereocenters. The van der Waals surface area contributed by atoms with Gasteiger partial charge in [0.25, 0.3) is 0 Å². The first-order valence-electron chi connectivity index (χ1n) is 8.56. The Bertz CT molecular complexity index is 827. The highest BCUT2D eigenvalue weighted by atomic mass is 16.5. The maximum Gasteiger partial charge on any atom is 0.220 e. The molecular weight excluding hydrogens is 346 g/mol. The van der Waals surface area contributed by atoms with E-state index >= 15 is 0 Å². The van der Waals surface area contributed by atoms with Crippen LogP contribution in [0.2, 0.25) is 0 Å². The minimum absolute atomic E-state index is 0.00578. The summed E-state index contributed by atoms with van der Waals surface area (Å²) in [6.45, 7) is 1.76. The van der Waals surface area contributed by atoms with Gasteiger partial charge in [0.05, 0.1) is 26.3 Å². The minimum Gasteiger partial charge on any atom is -0.497 e. The lowest BCUT2D eigenvalue weighted by Crippen LogP contribution is -2.29. The molecule has 0 aliphatic rings. The van der Waals surface area contributed by atoms with Crippen LogP contribution in [0, 0.1) is 6.92 Å². The fourth-order valence-corrected chi connectivity index (χ4v) is 2.55. The molecule has 2 rings (SSSR count). The van der Waals surface area contributed by atoms with Crippen LogP contribution in [-0.2, 0) is 4.79 Å². The van der Waals surface area contributed by atoms with Gasteiger partial charge >= 0.3 is 0 Å². The fraction of sp³-hybridized carbons (Fsp3) is 0.286. The molecular formula is C21H23NO5. The van der Waals surface area contributed by atoms with Gasteiger partial charge in [-0.2, -0.15) is 0 Å². The second-order valence-corrected chi connectivity index (χ2v) is 6.06. The number of ether oxygens (including phenoxy) is 2. The summed E-state index contributed by atoms with van der Waals surface area (Å²) < 4.78 is 10.2. The molecule has 6 heteroatoms. The lowest BCUT2D eigenvalue weighted by molar-refractivity contribution is -0.120. The van der Waals surface area contributed by atoms with Crippen LogP contribution in [0.15, 0.2) is 42.5 Å². The Morgan fingerprint density at radius 2 is 1.59 bits per heavy atom. The molecule has 0 heterocycles. The van der Waals surface area contributed by atoms with Crippen LogP contribution in [0.4, 0.5) is 0 Å². The van der Waals surface area contributed by atoms with E-state index in [4.69, 9.17) is 9.47 Å². The van der Waals surface area contributed by atoms with Crippen LogP contribution < -0.4 is 14.8 Å². The quantitative estimate of drug-likeness (QED) is 0.687. The molecule has 0 aliphatic heterocycles. The van der Waals surface area contributed by atoms with Gasteiger partial charge in [-0.15, -0.1) is 0 Å². The number of carbonyl (C=O) groups excluding carboxylic acids is 3. The number of methoxy groups -OCH3 is 2. The van der Waals surface area contributed by atoms with Crippen molar-refractivity contribution in [1.29, 1.82) is 0 Å². The predicted octanol–water partition coefficient (Wildman–Crippen LogP) is 2.97. The van der Waals surface area contributed by atoms with Crippen molar-refractivity contribution in [3.63, 3.8) is 0 Å². The third kappa shape index (κ3) is 5.67. The van der Waals surface area contributed by atoms with E-state index in [9.17, 15) is 14.4 Å². The third-order valence-corrected chi connectivity index (χ3v) is 4.09. The number of ketones is 2. The van der Waals surface area contributed by atoms with Gasteiger partial charge in [-0.25, -0.2) is 0 Å². The Kier molecular flexibility index (Phi) is 7.11. The van der Waals surface area contributed by atoms with Gasteiger partial charge in [-0.3, -0.25) is 14.4 Å². The summed E-state index contributed by atoms with van der Waals surface area (Å²) in [5, 5.41) is 2.55. The van der Waals surface area contributed by atoms with Gasteiger partial charge in [0.1, 0.15) is 11.5 Å². The zero-order valence-corrected chi connectivity index (χ0v) is 15.7. The van der Waals surface area contributed by atoms with Crippen LogP contribution in [0.1, 0.15) is 39.1 Å². The molecule has 0 atom stereocenters. The van der Waals surface area contributed by atoms with Crippen molar-refractivity contribution in [2.45, 2.75) is 19.8 Å². The molecule has 27 heavy (non-hydrogen) atoms. The average molecular weight is 369 g/mol. The molecule has 0 radical (unpaired) electrons. The van der Waals surface area contributed by atoms with E-state index in [2.05, 4.69) is 5.32 Å². The second kappa shape index (κ2) is 9.52. The summed E-state index contributed by atoms with van der Waals surface area (Å²) >= 11 is 0. The van der Waals surface area contributed by atoms with Crippen LogP contribution in [0.25, 0.3) is 0 Å². The maximum absolute atomic E-state index is 12.4. The molecule has 2 aromatic carbocycles. The van der Waals surface area contributed by atoms with Gasteiger partial charge in [0.2, 0.25) is 5.91 Å². The van der Waals surface area contributed by atoms with Crippen molar-refractivity contribution >= 4 is 17.5 Å². The van der Waals surface area contributed by atoms with E-state index in [1.54, 1.807) is 43.5 Å². The standard InChI is InChI=1S/C21H23NO5/c1-14-4-10-20(27-3)17(12-14)18(23)9-11-21(25)22-13-19(24)15-5-7-16(26-2)8-6-15/h4-8,10,12H,9,11,13H2,1-3H3,(H,22,25). The van der Waals surface area contributed by atoms with Crippen molar-refractivity contribution in [1.82, 2.24) is 5.32 Å². The van der Waals surface area contributed by atoms with E-state index in [0.717, 1.165) is 5.56 Å². The van der Waals surface area contributed by atoms with E-state index in [-0.39, 0.29) is 36.9 Å². The average Bonchev–Trinajstić information content (AvgIpc) is 2.70. The number of nitrogens with one attached hydrogen (secondary N) is 1. The Morgan fingerprint density at radius 3 is 2.22 bits per heavy atom. The zero-order valence-electron chi connectivity index (χ0n) is 15.7. The normalized spacial score (nSPS) is 10.2. The highest BCUT2D eigenvalue weighted by Gasteiger charge is 2.15. The number of Topliss-reactive ketones (excluding diaryl/α,β-unsaturated/α-hetero) is 2. The number of aryl methyl sites for hydroxylation is 1. The maximum atomic E-state index is 12.4. The van der Waals surface area contributed by atoms with E-state index in [1.165, 1.54) is 7.11 Å². The largest absolute Gasteiger partial charge is 0.497 e. The molecule has 0 aliphatic carbocycles. The number of carbonyl (C=O) groups is 3. The van der Waals surface area contributed by atoms with Crippen molar-refractivity contribution in [3.05, 3.63) is 59.2 Å². The van der Waals surface area contributed by atoms with E-state index in [0.29, 0.717) is 22.6 Å². The number of benzene rings is 2. The Hall–Kier alpha value is -3.15. The molecule has 142 valence electrons. The first-order valence-corrected chi connectivity index (χ1v) is 8.56. The molecule has 2 aromatic rings. The van der Waals surface area contributed by atoms with Gasteiger partial charge < -0.3 is 14.8 Å². The van der Waals surface area contributed by atoms with Crippen LogP contribution in [-0.4, -0.2) is 38.2 Å². The molecule has 0 bridgehead atoms. The second-order valence-electron chi connectivity index (χ2n) is 6.06. The van der Waals surface area contributed by atoms with Crippen molar-refractivity contribution in [2.24, 2.45) is 0 Å². The van der Waals surface area contributed by atoms with Gasteiger partial charge in [0.15, 0.2) is 11.6 Å². The molecule has 1 amide bonds. The van der Waals surface area contributed by atoms with E-state index in [1.807, 2.05) is 13.0 Å². The lowest BCUT2D eigenvalue weighted by Gasteiger charge is -2.09. The summed E-state index contributed by atoms with van der Waals surface area (Å²) in [4.78, 5) is 36.4. The minimum atomic E-state index is -0.350. The number of amides is 1. The van der Waals surface area contributed by atoms with E-state index < -0.39 is 0 Å². The van der Waals surface area contributed by atoms with Crippen LogP contribution in [0.5, 0.6) is 11.5 Å². The highest BCUT2D eigenvalue weighted by Crippen LogP contribution is 2.21. The van der Waals surface area contributed by atoms with Gasteiger partial charge in [-0.05, 0) is 43.3 Å². The van der Waals surface area contributed by atoms with Crippen molar-refractivity contribution in [3.8, 4) is 11.5 Å². The number of rotatable bonds is 9. The molecule has 0 saturated carbocycles. The predicted molar refractivity (Wildman–Crippen MR) is 102 cm³/mol. The number of hydrogen-bond donors (Lipinski definition) is 1. The summed E-state index contributed by atoms with van der Waals surface area (Å²) in [6, 6.07) is 12.0. The molecule has 0 fully saturated rings. The summed E-state index contributed by atoms with van der Waals surface area (Å²) in [5.41, 5.74) is 1.88. The Balaban J connectivity index is 1.84. The molecule has 0 aromatic heterocycles. The smallest absolute Gasteiger partial charge is 0.220 e. The van der Waals surface area contributed by atoms with Crippen LogP contribution >= 0.6 is 0 Å². The first kappa shape index (κ1) is 20.2. The van der Waals surface area contributed by atoms with Crippen LogP contribution in [0.3, 0.4) is 0 Å². The fourth-order valence-electron chi connectivity index (χ4n) is 2.55.